The summed E-state index contributed by atoms with van der Waals surface area (Å²) in [6.45, 7) is 6.55. The molecule has 0 aromatic heterocycles. The molecular weight excluding hydrogens is 465 g/mol. The van der Waals surface area contributed by atoms with Gasteiger partial charge in [-0.1, -0.05) is 75.8 Å². The van der Waals surface area contributed by atoms with Crippen LogP contribution in [0, 0.1) is 5.41 Å². The Morgan fingerprint density at radius 1 is 1.24 bits per heavy atom. The third kappa shape index (κ3) is 6.36. The van der Waals surface area contributed by atoms with E-state index in [-0.39, 0.29) is 31.7 Å². The molecule has 0 aliphatic rings. The number of rotatable bonds is 5. The van der Waals surface area contributed by atoms with Crippen LogP contribution in [0.5, 0.6) is 0 Å². The van der Waals surface area contributed by atoms with Crippen LogP contribution in [-0.4, -0.2) is 19.8 Å². The Balaban J connectivity index is 2.89. The van der Waals surface area contributed by atoms with Crippen molar-refractivity contribution in [2.24, 2.45) is 5.41 Å². The van der Waals surface area contributed by atoms with Gasteiger partial charge in [-0.05, 0) is 24.0 Å². The van der Waals surface area contributed by atoms with Gasteiger partial charge in [0.05, 0.1) is 10.0 Å². The predicted octanol–water partition coefficient (Wildman–Crippen LogP) is 5.23. The first-order chi connectivity index (χ1) is 9.42. The molecule has 0 aliphatic carbocycles. The van der Waals surface area contributed by atoms with E-state index in [4.69, 9.17) is 23.2 Å². The van der Waals surface area contributed by atoms with Crippen LogP contribution in [0.3, 0.4) is 0 Å². The number of hydrogen-bond acceptors (Lipinski definition) is 2. The van der Waals surface area contributed by atoms with Gasteiger partial charge in [-0.15, -0.1) is 0 Å². The summed E-state index contributed by atoms with van der Waals surface area (Å²) >= 11 is 18.7. The summed E-state index contributed by atoms with van der Waals surface area (Å²) in [5, 5.41) is 0.174. The quantitative estimate of drug-likeness (QED) is 0.585. The van der Waals surface area contributed by atoms with Crippen molar-refractivity contribution in [3.8, 4) is 0 Å². The van der Waals surface area contributed by atoms with Crippen LogP contribution in [0.2, 0.25) is 10.0 Å². The lowest BCUT2D eigenvalue weighted by atomic mass is 9.91. The van der Waals surface area contributed by atoms with Gasteiger partial charge in [0.25, 0.3) is 0 Å². The second-order valence-electron chi connectivity index (χ2n) is 5.91. The van der Waals surface area contributed by atoms with E-state index < -0.39 is 10.0 Å². The molecule has 1 aromatic carbocycles. The van der Waals surface area contributed by atoms with Crippen LogP contribution in [-0.2, 0) is 10.0 Å². The summed E-state index contributed by atoms with van der Waals surface area (Å²) in [6.07, 6.45) is 0.831. The molecule has 1 N–H and O–H groups in total. The van der Waals surface area contributed by atoms with Crippen LogP contribution in [0.15, 0.2) is 21.5 Å². The van der Waals surface area contributed by atoms with Crippen LogP contribution in [0.4, 0.5) is 0 Å². The molecule has 1 atom stereocenters. The lowest BCUT2D eigenvalue weighted by Crippen LogP contribution is -2.31. The van der Waals surface area contributed by atoms with Gasteiger partial charge in [0.2, 0.25) is 10.0 Å². The molecule has 0 spiro atoms. The maximum absolute atomic E-state index is 12.3. The maximum atomic E-state index is 12.3. The number of nitrogens with one attached hydrogen (secondary N) is 1. The van der Waals surface area contributed by atoms with E-state index in [9.17, 15) is 8.42 Å². The first kappa shape index (κ1) is 19.7. The van der Waals surface area contributed by atoms with Crippen molar-refractivity contribution in [1.29, 1.82) is 0 Å². The molecule has 1 aromatic rings. The van der Waals surface area contributed by atoms with E-state index >= 15 is 0 Å². The van der Waals surface area contributed by atoms with Crippen molar-refractivity contribution in [2.75, 3.05) is 6.54 Å². The number of hydrogen-bond donors (Lipinski definition) is 1. The molecule has 21 heavy (non-hydrogen) atoms. The van der Waals surface area contributed by atoms with E-state index in [0.717, 1.165) is 6.42 Å². The van der Waals surface area contributed by atoms with Gasteiger partial charge in [-0.25, -0.2) is 13.1 Å². The largest absolute Gasteiger partial charge is 0.243 e. The summed E-state index contributed by atoms with van der Waals surface area (Å²) in [5.74, 6) is 0. The van der Waals surface area contributed by atoms with Gasteiger partial charge < -0.3 is 0 Å². The number of sulfonamides is 1. The number of alkyl halides is 1. The Kier molecular flexibility index (Phi) is 7.03. The number of halogens is 4. The molecule has 0 aliphatic heterocycles. The highest BCUT2D eigenvalue weighted by Gasteiger charge is 2.24. The van der Waals surface area contributed by atoms with Crippen LogP contribution in [0.25, 0.3) is 0 Å². The number of benzene rings is 1. The summed E-state index contributed by atoms with van der Waals surface area (Å²) in [5.41, 5.74) is 0.104. The third-order valence-electron chi connectivity index (χ3n) is 2.56. The van der Waals surface area contributed by atoms with E-state index in [2.05, 4.69) is 57.4 Å². The highest BCUT2D eigenvalue weighted by atomic mass is 79.9. The summed E-state index contributed by atoms with van der Waals surface area (Å²) in [7, 11) is -3.75. The first-order valence-corrected chi connectivity index (χ1v) is 10.2. The standard InChI is InChI=1S/C13H17Br2Cl2NO2S/c1-13(2,3)6-9(15)7-18-21(19,20)12-10(16)4-8(14)5-11(12)17/h4-5,9,18H,6-7H2,1-3H3. The molecule has 120 valence electrons. The van der Waals surface area contributed by atoms with E-state index in [1.54, 1.807) is 0 Å². The minimum atomic E-state index is -3.75. The predicted molar refractivity (Wildman–Crippen MR) is 96.1 cm³/mol. The van der Waals surface area contributed by atoms with E-state index in [1.165, 1.54) is 12.1 Å². The van der Waals surface area contributed by atoms with Gasteiger partial charge in [0.1, 0.15) is 4.90 Å². The monoisotopic (exact) mass is 479 g/mol. The Morgan fingerprint density at radius 2 is 1.71 bits per heavy atom. The highest BCUT2D eigenvalue weighted by Crippen LogP contribution is 2.33. The van der Waals surface area contributed by atoms with E-state index in [0.29, 0.717) is 4.47 Å². The van der Waals surface area contributed by atoms with Crippen LogP contribution >= 0.6 is 55.1 Å². The van der Waals surface area contributed by atoms with Gasteiger partial charge in [0, 0.05) is 15.8 Å². The molecule has 0 fully saturated rings. The first-order valence-electron chi connectivity index (χ1n) is 6.21. The fourth-order valence-corrected chi connectivity index (χ4v) is 6.16. The van der Waals surface area contributed by atoms with Crippen molar-refractivity contribution in [1.82, 2.24) is 4.72 Å². The summed E-state index contributed by atoms with van der Waals surface area (Å²) in [6, 6.07) is 3.01. The molecular formula is C13H17Br2Cl2NO2S. The molecule has 0 heterocycles. The Morgan fingerprint density at radius 3 is 2.14 bits per heavy atom. The molecule has 8 heteroatoms. The van der Waals surface area contributed by atoms with Crippen molar-refractivity contribution in [3.63, 3.8) is 0 Å². The third-order valence-corrected chi connectivity index (χ3v) is 6.01. The molecule has 0 amide bonds. The molecule has 0 saturated heterocycles. The Hall–Kier alpha value is 0.670. The lowest BCUT2D eigenvalue weighted by molar-refractivity contribution is 0.373. The smallest absolute Gasteiger partial charge is 0.210 e. The molecule has 3 nitrogen and oxygen atoms in total. The summed E-state index contributed by atoms with van der Waals surface area (Å²) < 4.78 is 27.8. The minimum Gasteiger partial charge on any atom is -0.210 e. The van der Waals surface area contributed by atoms with Crippen LogP contribution in [0.1, 0.15) is 27.2 Å². The molecule has 0 saturated carbocycles. The zero-order valence-electron chi connectivity index (χ0n) is 11.9. The Bertz CT molecular complexity index is 592. The van der Waals surface area contributed by atoms with Gasteiger partial charge in [-0.2, -0.15) is 0 Å². The lowest BCUT2D eigenvalue weighted by Gasteiger charge is -2.22. The topological polar surface area (TPSA) is 46.2 Å². The van der Waals surface area contributed by atoms with Crippen molar-refractivity contribution < 1.29 is 8.42 Å². The molecule has 0 bridgehead atoms. The highest BCUT2D eigenvalue weighted by molar-refractivity contribution is 9.10. The van der Waals surface area contributed by atoms with Crippen LogP contribution < -0.4 is 4.72 Å². The Labute approximate surface area is 153 Å². The average molecular weight is 482 g/mol. The van der Waals surface area contributed by atoms with Gasteiger partial charge >= 0.3 is 0 Å². The minimum absolute atomic E-state index is 0.0280. The zero-order valence-corrected chi connectivity index (χ0v) is 17.4. The average Bonchev–Trinajstić information content (AvgIpc) is 2.22. The normalized spacial score (nSPS) is 14.2. The van der Waals surface area contributed by atoms with Crippen molar-refractivity contribution in [2.45, 2.75) is 36.9 Å². The van der Waals surface area contributed by atoms with Gasteiger partial charge in [-0.3, -0.25) is 0 Å². The van der Waals surface area contributed by atoms with E-state index in [1.807, 2.05) is 0 Å². The summed E-state index contributed by atoms with van der Waals surface area (Å²) in [4.78, 5) is -0.0650. The molecule has 0 radical (unpaired) electrons. The van der Waals surface area contributed by atoms with Crippen molar-refractivity contribution in [3.05, 3.63) is 26.7 Å². The van der Waals surface area contributed by atoms with Gasteiger partial charge in [0.15, 0.2) is 0 Å². The second kappa shape index (κ2) is 7.49. The zero-order chi connectivity index (χ0) is 16.4. The fourth-order valence-electron chi connectivity index (χ4n) is 1.79. The molecule has 1 rings (SSSR count). The second-order valence-corrected chi connectivity index (χ2v) is 10.6. The van der Waals surface area contributed by atoms with Crippen molar-refractivity contribution >= 4 is 65.1 Å². The maximum Gasteiger partial charge on any atom is 0.243 e. The molecule has 1 unspecified atom stereocenters. The SMILES string of the molecule is CC(C)(C)CC(Br)CNS(=O)(=O)c1c(Cl)cc(Br)cc1Cl. The fraction of sp³-hybridized carbons (Fsp3) is 0.538.